The summed E-state index contributed by atoms with van der Waals surface area (Å²) in [6.45, 7) is 4.55. The lowest BCUT2D eigenvalue weighted by molar-refractivity contribution is 0.644. The summed E-state index contributed by atoms with van der Waals surface area (Å²) in [6, 6.07) is 27.0. The van der Waals surface area contributed by atoms with E-state index in [0.717, 1.165) is 0 Å². The van der Waals surface area contributed by atoms with Crippen molar-refractivity contribution in [3.8, 4) is 0 Å². The Balaban J connectivity index is 2.10. The van der Waals surface area contributed by atoms with Gasteiger partial charge in [-0.25, -0.2) is 0 Å². The zero-order valence-electron chi connectivity index (χ0n) is 14.0. The SMILES string of the molecule is CC(C)n1c2cc3ccccc3cc2c2ccc3ccccc3c21. The lowest BCUT2D eigenvalue weighted by Crippen LogP contribution is -2.00. The van der Waals surface area contributed by atoms with E-state index >= 15 is 0 Å². The molecule has 0 aliphatic heterocycles. The van der Waals surface area contributed by atoms with E-state index < -0.39 is 0 Å². The van der Waals surface area contributed by atoms with Gasteiger partial charge in [-0.15, -0.1) is 0 Å². The molecule has 0 saturated heterocycles. The smallest absolute Gasteiger partial charge is 0.0573 e. The number of benzene rings is 4. The molecule has 0 aliphatic carbocycles. The third-order valence-electron chi connectivity index (χ3n) is 5.07. The Morgan fingerprint density at radius 2 is 1.29 bits per heavy atom. The third kappa shape index (κ3) is 1.75. The molecule has 4 aromatic carbocycles. The molecule has 0 radical (unpaired) electrons. The van der Waals surface area contributed by atoms with Gasteiger partial charge < -0.3 is 4.57 Å². The molecule has 116 valence electrons. The van der Waals surface area contributed by atoms with Gasteiger partial charge in [-0.2, -0.15) is 0 Å². The first kappa shape index (κ1) is 13.6. The van der Waals surface area contributed by atoms with Crippen molar-refractivity contribution < 1.29 is 0 Å². The molecule has 1 aromatic heterocycles. The van der Waals surface area contributed by atoms with Crippen LogP contribution in [0.15, 0.2) is 72.8 Å². The zero-order valence-corrected chi connectivity index (χ0v) is 14.0. The molecule has 0 spiro atoms. The molecule has 1 heterocycles. The highest BCUT2D eigenvalue weighted by Crippen LogP contribution is 2.38. The fourth-order valence-electron chi connectivity index (χ4n) is 4.03. The van der Waals surface area contributed by atoms with Crippen molar-refractivity contribution in [2.24, 2.45) is 0 Å². The fraction of sp³-hybridized carbons (Fsp3) is 0.130. The predicted molar refractivity (Wildman–Crippen MR) is 105 cm³/mol. The van der Waals surface area contributed by atoms with Crippen LogP contribution in [-0.4, -0.2) is 4.57 Å². The molecular weight excluding hydrogens is 290 g/mol. The Hall–Kier alpha value is -2.80. The fourth-order valence-corrected chi connectivity index (χ4v) is 4.03. The molecule has 0 aliphatic rings. The highest BCUT2D eigenvalue weighted by molar-refractivity contribution is 6.19. The van der Waals surface area contributed by atoms with E-state index in [1.165, 1.54) is 43.4 Å². The van der Waals surface area contributed by atoms with E-state index in [1.54, 1.807) is 0 Å². The minimum atomic E-state index is 0.414. The van der Waals surface area contributed by atoms with Crippen LogP contribution in [0.25, 0.3) is 43.4 Å². The third-order valence-corrected chi connectivity index (χ3v) is 5.07. The van der Waals surface area contributed by atoms with Gasteiger partial charge in [-0.05, 0) is 42.1 Å². The first-order valence-electron chi connectivity index (χ1n) is 8.58. The molecule has 0 saturated carbocycles. The van der Waals surface area contributed by atoms with Crippen LogP contribution in [0, 0.1) is 0 Å². The Labute approximate surface area is 141 Å². The molecule has 0 N–H and O–H groups in total. The van der Waals surface area contributed by atoms with Crippen molar-refractivity contribution in [3.63, 3.8) is 0 Å². The van der Waals surface area contributed by atoms with E-state index in [0.29, 0.717) is 6.04 Å². The highest BCUT2D eigenvalue weighted by atomic mass is 15.0. The van der Waals surface area contributed by atoms with Crippen LogP contribution < -0.4 is 0 Å². The number of rotatable bonds is 1. The topological polar surface area (TPSA) is 4.93 Å². The predicted octanol–water partition coefficient (Wildman–Crippen LogP) is 6.68. The van der Waals surface area contributed by atoms with Crippen LogP contribution in [0.3, 0.4) is 0 Å². The average Bonchev–Trinajstić information content (AvgIpc) is 2.93. The number of hydrogen-bond donors (Lipinski definition) is 0. The van der Waals surface area contributed by atoms with Gasteiger partial charge in [0.15, 0.2) is 0 Å². The summed E-state index contributed by atoms with van der Waals surface area (Å²) in [5.41, 5.74) is 2.68. The van der Waals surface area contributed by atoms with Crippen molar-refractivity contribution in [1.29, 1.82) is 0 Å². The lowest BCUT2D eigenvalue weighted by Gasteiger charge is -2.13. The van der Waals surface area contributed by atoms with Crippen molar-refractivity contribution in [3.05, 3.63) is 72.8 Å². The summed E-state index contributed by atoms with van der Waals surface area (Å²) in [6.07, 6.45) is 0. The summed E-state index contributed by atoms with van der Waals surface area (Å²) in [5.74, 6) is 0. The minimum absolute atomic E-state index is 0.414. The van der Waals surface area contributed by atoms with Gasteiger partial charge >= 0.3 is 0 Å². The first-order valence-corrected chi connectivity index (χ1v) is 8.58. The second-order valence-corrected chi connectivity index (χ2v) is 6.86. The maximum absolute atomic E-state index is 2.50. The van der Waals surface area contributed by atoms with Crippen molar-refractivity contribution in [1.82, 2.24) is 4.57 Å². The van der Waals surface area contributed by atoms with Crippen molar-refractivity contribution in [2.75, 3.05) is 0 Å². The molecule has 5 aromatic rings. The number of aromatic nitrogens is 1. The van der Waals surface area contributed by atoms with Gasteiger partial charge in [-0.3, -0.25) is 0 Å². The van der Waals surface area contributed by atoms with E-state index in [-0.39, 0.29) is 0 Å². The zero-order chi connectivity index (χ0) is 16.3. The van der Waals surface area contributed by atoms with Gasteiger partial charge in [0.1, 0.15) is 0 Å². The van der Waals surface area contributed by atoms with Crippen molar-refractivity contribution >= 4 is 43.4 Å². The van der Waals surface area contributed by atoms with Crippen molar-refractivity contribution in [2.45, 2.75) is 19.9 Å². The van der Waals surface area contributed by atoms with Gasteiger partial charge in [0.25, 0.3) is 0 Å². The number of fused-ring (bicyclic) bond motifs is 6. The van der Waals surface area contributed by atoms with E-state index in [4.69, 9.17) is 0 Å². The summed E-state index contributed by atoms with van der Waals surface area (Å²) >= 11 is 0. The molecule has 5 rings (SSSR count). The summed E-state index contributed by atoms with van der Waals surface area (Å²) in [5, 5.41) is 7.95. The van der Waals surface area contributed by atoms with Crippen LogP contribution in [0.2, 0.25) is 0 Å². The van der Waals surface area contributed by atoms with E-state index in [2.05, 4.69) is 91.2 Å². The molecule has 1 heteroatoms. The standard InChI is InChI=1S/C23H19N/c1-15(2)24-22-14-18-9-4-3-8-17(18)13-21(22)20-12-11-16-7-5-6-10-19(16)23(20)24/h3-15H,1-2H3. The number of nitrogens with zero attached hydrogens (tertiary/aromatic N) is 1. The number of hydrogen-bond acceptors (Lipinski definition) is 0. The summed E-state index contributed by atoms with van der Waals surface area (Å²) in [7, 11) is 0. The Kier molecular flexibility index (Phi) is 2.75. The minimum Gasteiger partial charge on any atom is -0.337 e. The molecule has 0 atom stereocenters. The lowest BCUT2D eigenvalue weighted by atomic mass is 10.0. The quantitative estimate of drug-likeness (QED) is 0.325. The Bertz CT molecular complexity index is 1220. The van der Waals surface area contributed by atoms with Crippen LogP contribution in [-0.2, 0) is 0 Å². The molecule has 0 bridgehead atoms. The average molecular weight is 309 g/mol. The van der Waals surface area contributed by atoms with Gasteiger partial charge in [0.05, 0.1) is 5.52 Å². The summed E-state index contributed by atoms with van der Waals surface area (Å²) < 4.78 is 2.50. The Morgan fingerprint density at radius 3 is 2.04 bits per heavy atom. The summed E-state index contributed by atoms with van der Waals surface area (Å²) in [4.78, 5) is 0. The van der Waals surface area contributed by atoms with Gasteiger partial charge in [0, 0.05) is 27.7 Å². The Morgan fingerprint density at radius 1 is 0.625 bits per heavy atom. The first-order chi connectivity index (χ1) is 11.7. The van der Waals surface area contributed by atoms with Gasteiger partial charge in [-0.1, -0.05) is 60.7 Å². The van der Waals surface area contributed by atoms with Crippen LogP contribution in [0.4, 0.5) is 0 Å². The van der Waals surface area contributed by atoms with E-state index in [1.807, 2.05) is 0 Å². The highest BCUT2D eigenvalue weighted by Gasteiger charge is 2.15. The monoisotopic (exact) mass is 309 g/mol. The van der Waals surface area contributed by atoms with Gasteiger partial charge in [0.2, 0.25) is 0 Å². The van der Waals surface area contributed by atoms with Crippen LogP contribution >= 0.6 is 0 Å². The normalized spacial score (nSPS) is 12.1. The molecule has 24 heavy (non-hydrogen) atoms. The second-order valence-electron chi connectivity index (χ2n) is 6.86. The maximum Gasteiger partial charge on any atom is 0.0573 e. The largest absolute Gasteiger partial charge is 0.337 e. The maximum atomic E-state index is 2.50. The van der Waals surface area contributed by atoms with Crippen LogP contribution in [0.1, 0.15) is 19.9 Å². The molecular formula is C23H19N. The van der Waals surface area contributed by atoms with Crippen LogP contribution in [0.5, 0.6) is 0 Å². The molecule has 0 amide bonds. The van der Waals surface area contributed by atoms with E-state index in [9.17, 15) is 0 Å². The molecule has 0 fully saturated rings. The second kappa shape index (κ2) is 4.85. The molecule has 1 nitrogen and oxygen atoms in total. The molecule has 0 unspecified atom stereocenters.